The molecule has 0 atom stereocenters. The highest BCUT2D eigenvalue weighted by molar-refractivity contribution is 6.04. The second kappa shape index (κ2) is 13.2. The van der Waals surface area contributed by atoms with Gasteiger partial charge in [-0.1, -0.05) is 12.1 Å². The summed E-state index contributed by atoms with van der Waals surface area (Å²) in [4.78, 5) is 23.1. The predicted molar refractivity (Wildman–Crippen MR) is 152 cm³/mol. The molecule has 2 N–H and O–H groups in total. The van der Waals surface area contributed by atoms with E-state index in [-0.39, 0.29) is 23.8 Å². The second-order valence-electron chi connectivity index (χ2n) is 8.99. The number of nitriles is 1. The van der Waals surface area contributed by atoms with Crippen LogP contribution < -0.4 is 20.1 Å². The minimum absolute atomic E-state index is 0.0740. The number of rotatable bonds is 11. The smallest absolute Gasteiger partial charge is 0.248 e. The van der Waals surface area contributed by atoms with Crippen LogP contribution in [0.15, 0.2) is 73.1 Å². The van der Waals surface area contributed by atoms with Gasteiger partial charge in [-0.2, -0.15) is 5.26 Å². The zero-order chi connectivity index (χ0) is 28.5. The third kappa shape index (κ3) is 7.09. The Hall–Kier alpha value is -5.01. The SMILES string of the molecule is CCOc1cc2ncc(C#N)c(Nc3ccc(OCc4ccccn4)c(F)c3)c2cc1NC(=O)/C=C/CN(C)C. The van der Waals surface area contributed by atoms with Gasteiger partial charge in [-0.15, -0.1) is 0 Å². The Kier molecular flexibility index (Phi) is 9.23. The molecule has 0 aliphatic carbocycles. The van der Waals surface area contributed by atoms with E-state index in [9.17, 15) is 14.4 Å². The minimum Gasteiger partial charge on any atom is -0.492 e. The molecule has 204 valence electrons. The first-order valence-electron chi connectivity index (χ1n) is 12.6. The van der Waals surface area contributed by atoms with Crippen molar-refractivity contribution in [2.45, 2.75) is 13.5 Å². The molecule has 0 unspecified atom stereocenters. The Morgan fingerprint density at radius 3 is 2.67 bits per heavy atom. The number of ether oxygens (including phenoxy) is 2. The predicted octanol–water partition coefficient (Wildman–Crippen LogP) is 5.42. The minimum atomic E-state index is -0.575. The molecule has 4 rings (SSSR count). The average Bonchev–Trinajstić information content (AvgIpc) is 2.94. The molecule has 1 amide bonds. The molecule has 10 heteroatoms. The number of hydrogen-bond donors (Lipinski definition) is 2. The van der Waals surface area contributed by atoms with Crippen molar-refractivity contribution in [3.8, 4) is 17.6 Å². The number of nitrogens with zero attached hydrogens (tertiary/aromatic N) is 4. The number of halogens is 1. The molecule has 0 saturated carbocycles. The number of benzene rings is 2. The van der Waals surface area contributed by atoms with E-state index in [2.05, 4.69) is 26.7 Å². The van der Waals surface area contributed by atoms with E-state index in [4.69, 9.17) is 9.47 Å². The van der Waals surface area contributed by atoms with E-state index in [0.29, 0.717) is 52.6 Å². The third-order valence-electron chi connectivity index (χ3n) is 5.69. The van der Waals surface area contributed by atoms with Crippen LogP contribution in [0.2, 0.25) is 0 Å². The van der Waals surface area contributed by atoms with Crippen molar-refractivity contribution in [1.82, 2.24) is 14.9 Å². The molecule has 4 aromatic rings. The highest BCUT2D eigenvalue weighted by Crippen LogP contribution is 2.36. The molecule has 9 nitrogen and oxygen atoms in total. The van der Waals surface area contributed by atoms with Gasteiger partial charge in [-0.25, -0.2) is 4.39 Å². The summed E-state index contributed by atoms with van der Waals surface area (Å²) in [6.07, 6.45) is 6.27. The van der Waals surface area contributed by atoms with Crippen LogP contribution in [-0.2, 0) is 11.4 Å². The van der Waals surface area contributed by atoms with Crippen LogP contribution in [0.5, 0.6) is 11.5 Å². The largest absolute Gasteiger partial charge is 0.492 e. The van der Waals surface area contributed by atoms with Gasteiger partial charge >= 0.3 is 0 Å². The van der Waals surface area contributed by atoms with Gasteiger partial charge < -0.3 is 25.0 Å². The maximum absolute atomic E-state index is 14.9. The topological polar surface area (TPSA) is 112 Å². The number of likely N-dealkylation sites (N-methyl/N-ethyl adjacent to an activating group) is 1. The molecule has 2 aromatic carbocycles. The number of anilines is 3. The Labute approximate surface area is 231 Å². The number of aromatic nitrogens is 2. The van der Waals surface area contributed by atoms with Crippen LogP contribution in [0.25, 0.3) is 10.9 Å². The number of hydrogen-bond acceptors (Lipinski definition) is 8. The summed E-state index contributed by atoms with van der Waals surface area (Å²) in [5.74, 6) is -0.392. The number of carbonyl (C=O) groups is 1. The summed E-state index contributed by atoms with van der Waals surface area (Å²) >= 11 is 0. The summed E-state index contributed by atoms with van der Waals surface area (Å²) in [5, 5.41) is 16.3. The van der Waals surface area contributed by atoms with Crippen molar-refractivity contribution in [2.24, 2.45) is 0 Å². The number of pyridine rings is 2. The molecule has 0 fully saturated rings. The number of fused-ring (bicyclic) bond motifs is 1. The summed E-state index contributed by atoms with van der Waals surface area (Å²) in [6.45, 7) is 2.94. The Morgan fingerprint density at radius 1 is 1.12 bits per heavy atom. The summed E-state index contributed by atoms with van der Waals surface area (Å²) in [5.41, 5.74) is 2.68. The molecule has 0 aliphatic rings. The highest BCUT2D eigenvalue weighted by Gasteiger charge is 2.16. The van der Waals surface area contributed by atoms with E-state index >= 15 is 0 Å². The van der Waals surface area contributed by atoms with E-state index in [1.54, 1.807) is 42.6 Å². The van der Waals surface area contributed by atoms with Gasteiger partial charge in [0.05, 0.1) is 34.8 Å². The molecule has 0 radical (unpaired) electrons. The molecule has 0 aliphatic heterocycles. The zero-order valence-electron chi connectivity index (χ0n) is 22.4. The van der Waals surface area contributed by atoms with Gasteiger partial charge in [0, 0.05) is 48.2 Å². The summed E-state index contributed by atoms with van der Waals surface area (Å²) in [7, 11) is 3.81. The fourth-order valence-electron chi connectivity index (χ4n) is 3.83. The van der Waals surface area contributed by atoms with Gasteiger partial charge in [-0.05, 0) is 51.4 Å². The van der Waals surface area contributed by atoms with E-state index in [1.165, 1.54) is 24.4 Å². The van der Waals surface area contributed by atoms with Gasteiger partial charge in [0.25, 0.3) is 0 Å². The lowest BCUT2D eigenvalue weighted by atomic mass is 10.1. The monoisotopic (exact) mass is 540 g/mol. The maximum Gasteiger partial charge on any atom is 0.248 e. The Morgan fingerprint density at radius 2 is 1.98 bits per heavy atom. The van der Waals surface area contributed by atoms with Crippen molar-refractivity contribution < 1.29 is 18.7 Å². The third-order valence-corrected chi connectivity index (χ3v) is 5.69. The van der Waals surface area contributed by atoms with Crippen LogP contribution in [0, 0.1) is 17.1 Å². The van der Waals surface area contributed by atoms with Crippen LogP contribution in [0.1, 0.15) is 18.2 Å². The summed E-state index contributed by atoms with van der Waals surface area (Å²) in [6, 6.07) is 15.4. The lowest BCUT2D eigenvalue weighted by Gasteiger charge is -2.16. The van der Waals surface area contributed by atoms with E-state index < -0.39 is 5.82 Å². The molecule has 0 saturated heterocycles. The molecule has 2 heterocycles. The highest BCUT2D eigenvalue weighted by atomic mass is 19.1. The first-order valence-corrected chi connectivity index (χ1v) is 12.6. The lowest BCUT2D eigenvalue weighted by Crippen LogP contribution is -2.13. The van der Waals surface area contributed by atoms with Crippen molar-refractivity contribution in [3.63, 3.8) is 0 Å². The van der Waals surface area contributed by atoms with Gasteiger partial charge in [-0.3, -0.25) is 14.8 Å². The molecular weight excluding hydrogens is 511 g/mol. The van der Waals surface area contributed by atoms with Crippen molar-refractivity contribution >= 4 is 33.9 Å². The number of nitrogens with one attached hydrogen (secondary N) is 2. The molecular formula is C30H29FN6O3. The van der Waals surface area contributed by atoms with Crippen LogP contribution in [0.4, 0.5) is 21.5 Å². The average molecular weight is 541 g/mol. The second-order valence-corrected chi connectivity index (χ2v) is 8.99. The van der Waals surface area contributed by atoms with Gasteiger partial charge in [0.15, 0.2) is 11.6 Å². The Bertz CT molecular complexity index is 1570. The van der Waals surface area contributed by atoms with Crippen molar-refractivity contribution in [3.05, 3.63) is 90.2 Å². The van der Waals surface area contributed by atoms with Gasteiger partial charge in [0.2, 0.25) is 5.91 Å². The normalized spacial score (nSPS) is 11.0. The van der Waals surface area contributed by atoms with Gasteiger partial charge in [0.1, 0.15) is 18.4 Å². The molecule has 0 bridgehead atoms. The standard InChI is InChI=1S/C30H29FN6O3/c1-4-39-28-16-25-23(15-26(28)36-29(38)9-7-13-37(2)3)30(20(17-32)18-34-25)35-21-10-11-27(24(31)14-21)40-19-22-8-5-6-12-33-22/h5-12,14-16,18H,4,13,19H2,1-3H3,(H,34,35)(H,36,38)/b9-7+. The maximum atomic E-state index is 14.9. The quantitative estimate of drug-likeness (QED) is 0.243. The van der Waals surface area contributed by atoms with Crippen molar-refractivity contribution in [2.75, 3.05) is 37.9 Å². The zero-order valence-corrected chi connectivity index (χ0v) is 22.4. The number of carbonyl (C=O) groups excluding carboxylic acids is 1. The Balaban J connectivity index is 1.64. The van der Waals surface area contributed by atoms with Crippen molar-refractivity contribution in [1.29, 1.82) is 5.26 Å². The first-order chi connectivity index (χ1) is 19.4. The van der Waals surface area contributed by atoms with E-state index in [1.807, 2.05) is 32.0 Å². The molecule has 0 spiro atoms. The first kappa shape index (κ1) is 28.0. The molecule has 2 aromatic heterocycles. The number of amides is 1. The fraction of sp³-hybridized carbons (Fsp3) is 0.200. The van der Waals surface area contributed by atoms with Crippen LogP contribution in [-0.4, -0.2) is 48.0 Å². The lowest BCUT2D eigenvalue weighted by molar-refractivity contribution is -0.111. The van der Waals surface area contributed by atoms with Crippen LogP contribution in [0.3, 0.4) is 0 Å². The molecule has 40 heavy (non-hydrogen) atoms. The van der Waals surface area contributed by atoms with E-state index in [0.717, 1.165) is 0 Å². The summed E-state index contributed by atoms with van der Waals surface area (Å²) < 4.78 is 26.2. The van der Waals surface area contributed by atoms with Crippen LogP contribution >= 0.6 is 0 Å². The fourth-order valence-corrected chi connectivity index (χ4v) is 3.83.